The Bertz CT molecular complexity index is 1140. The van der Waals surface area contributed by atoms with Crippen LogP contribution in [0.3, 0.4) is 0 Å². The van der Waals surface area contributed by atoms with Crippen LogP contribution < -0.4 is 5.32 Å². The van der Waals surface area contributed by atoms with Gasteiger partial charge in [0.05, 0.1) is 22.1 Å². The molecule has 2 aromatic rings. The number of amides is 1. The number of carbonyl (C=O) groups is 2. The van der Waals surface area contributed by atoms with Crippen LogP contribution in [0.25, 0.3) is 11.3 Å². The first kappa shape index (κ1) is 29.7. The molecule has 1 aliphatic rings. The minimum atomic E-state index is -4.61. The fourth-order valence-electron chi connectivity index (χ4n) is 4.96. The molecule has 0 spiro atoms. The zero-order valence-corrected chi connectivity index (χ0v) is 22.8. The molecule has 9 heteroatoms. The number of halogens is 3. The Morgan fingerprint density at radius 2 is 1.61 bits per heavy atom. The van der Waals surface area contributed by atoms with E-state index < -0.39 is 34.6 Å². The Balaban J connectivity index is 2.06. The van der Waals surface area contributed by atoms with E-state index in [0.29, 0.717) is 29.4 Å². The lowest BCUT2D eigenvalue weighted by molar-refractivity contribution is -0.147. The topological polar surface area (TPSA) is 91.6 Å². The maximum Gasteiger partial charge on any atom is 0.416 e. The molecule has 1 aromatic carbocycles. The molecule has 3 N–H and O–H groups in total. The van der Waals surface area contributed by atoms with E-state index in [0.717, 1.165) is 44.2 Å². The van der Waals surface area contributed by atoms with E-state index in [4.69, 9.17) is 0 Å². The number of aromatic nitrogens is 1. The van der Waals surface area contributed by atoms with E-state index in [2.05, 4.69) is 5.32 Å². The lowest BCUT2D eigenvalue weighted by Gasteiger charge is -2.25. The summed E-state index contributed by atoms with van der Waals surface area (Å²) < 4.78 is 43.4. The van der Waals surface area contributed by atoms with Gasteiger partial charge in [0.25, 0.3) is 5.91 Å². The first-order valence-electron chi connectivity index (χ1n) is 13.2. The Morgan fingerprint density at radius 1 is 1.00 bits per heavy atom. The number of aliphatic hydroxyl groups is 1. The fraction of sp³-hybridized carbons (Fsp3) is 0.586. The van der Waals surface area contributed by atoms with Crippen molar-refractivity contribution in [3.05, 3.63) is 46.6 Å². The van der Waals surface area contributed by atoms with Gasteiger partial charge >= 0.3 is 12.1 Å². The van der Waals surface area contributed by atoms with Crippen LogP contribution in [0.2, 0.25) is 0 Å². The van der Waals surface area contributed by atoms with Crippen molar-refractivity contribution in [1.29, 1.82) is 0 Å². The third-order valence-electron chi connectivity index (χ3n) is 7.65. The van der Waals surface area contributed by atoms with E-state index in [9.17, 15) is 33.0 Å². The van der Waals surface area contributed by atoms with Gasteiger partial charge in [0.15, 0.2) is 0 Å². The van der Waals surface area contributed by atoms with Crippen LogP contribution in [-0.2, 0) is 23.1 Å². The SMILES string of the molecule is Cc1c(C(=O)NCCC(C)(C)C(=O)O)cc(-c2cc(C(C)(C)O)cc(C(F)(F)F)c2)n1CC1CCCCC1. The van der Waals surface area contributed by atoms with E-state index in [1.807, 2.05) is 4.57 Å². The molecule has 38 heavy (non-hydrogen) atoms. The summed E-state index contributed by atoms with van der Waals surface area (Å²) in [5.41, 5.74) is -1.49. The second kappa shape index (κ2) is 11.1. The summed E-state index contributed by atoms with van der Waals surface area (Å²) in [7, 11) is 0. The second-order valence-corrected chi connectivity index (χ2v) is 11.7. The van der Waals surface area contributed by atoms with Crippen LogP contribution in [0.1, 0.15) is 93.4 Å². The first-order valence-corrected chi connectivity index (χ1v) is 13.2. The Hall–Kier alpha value is -2.81. The third-order valence-corrected chi connectivity index (χ3v) is 7.65. The van der Waals surface area contributed by atoms with Crippen molar-refractivity contribution in [3.63, 3.8) is 0 Å². The van der Waals surface area contributed by atoms with E-state index in [-0.39, 0.29) is 24.1 Å². The maximum absolute atomic E-state index is 13.8. The number of benzene rings is 1. The highest BCUT2D eigenvalue weighted by Gasteiger charge is 2.34. The normalized spacial score (nSPS) is 15.5. The number of aliphatic carboxylic acids is 1. The molecule has 0 atom stereocenters. The molecule has 210 valence electrons. The molecule has 0 saturated heterocycles. The van der Waals surface area contributed by atoms with Crippen LogP contribution in [0.4, 0.5) is 13.2 Å². The van der Waals surface area contributed by atoms with Crippen molar-refractivity contribution < 1.29 is 33.0 Å². The molecule has 0 radical (unpaired) electrons. The van der Waals surface area contributed by atoms with Crippen molar-refractivity contribution in [2.45, 2.75) is 91.5 Å². The molecule has 1 aromatic heterocycles. The highest BCUT2D eigenvalue weighted by atomic mass is 19.4. The lowest BCUT2D eigenvalue weighted by Crippen LogP contribution is -2.32. The molecule has 1 amide bonds. The van der Waals surface area contributed by atoms with Gasteiger partial charge in [-0.2, -0.15) is 13.2 Å². The predicted octanol–water partition coefficient (Wildman–Crippen LogP) is 6.52. The second-order valence-electron chi connectivity index (χ2n) is 11.7. The summed E-state index contributed by atoms with van der Waals surface area (Å²) in [5.74, 6) is -1.02. The molecule has 6 nitrogen and oxygen atoms in total. The van der Waals surface area contributed by atoms with Gasteiger partial charge in [-0.05, 0) is 95.2 Å². The number of nitrogens with zero attached hydrogens (tertiary/aromatic N) is 1. The molecule has 0 unspecified atom stereocenters. The number of nitrogens with one attached hydrogen (secondary N) is 1. The lowest BCUT2D eigenvalue weighted by atomic mass is 9.89. The standard InChI is InChI=1S/C29H39F3N2O4/c1-18-23(25(35)33-12-11-27(2,3)26(36)37)16-24(34(18)17-19-9-7-6-8-10-19)20-13-21(28(4,5)38)15-22(14-20)29(30,31)32/h13-16,19,38H,6-12,17H2,1-5H3,(H,33,35)(H,36,37). The Labute approximate surface area is 222 Å². The van der Waals surface area contributed by atoms with Gasteiger partial charge in [-0.1, -0.05) is 19.3 Å². The van der Waals surface area contributed by atoms with Crippen molar-refractivity contribution in [2.24, 2.45) is 11.3 Å². The monoisotopic (exact) mass is 536 g/mol. The summed E-state index contributed by atoms with van der Waals surface area (Å²) in [6.45, 7) is 8.56. The van der Waals surface area contributed by atoms with Crippen molar-refractivity contribution in [2.75, 3.05) is 6.54 Å². The summed E-state index contributed by atoms with van der Waals surface area (Å²) in [5, 5.41) is 22.7. The number of carboxylic acid groups (broad SMARTS) is 1. The molecule has 1 heterocycles. The number of rotatable bonds is 9. The van der Waals surface area contributed by atoms with Gasteiger partial charge in [0.1, 0.15) is 0 Å². The minimum Gasteiger partial charge on any atom is -0.481 e. The molecular formula is C29H39F3N2O4. The zero-order chi connectivity index (χ0) is 28.5. The summed E-state index contributed by atoms with van der Waals surface area (Å²) >= 11 is 0. The quantitative estimate of drug-likeness (QED) is 0.340. The van der Waals surface area contributed by atoms with Gasteiger partial charge in [-0.15, -0.1) is 0 Å². The average Bonchev–Trinajstić information content (AvgIpc) is 3.14. The third kappa shape index (κ3) is 6.98. The Morgan fingerprint density at radius 3 is 2.16 bits per heavy atom. The summed E-state index contributed by atoms with van der Waals surface area (Å²) in [4.78, 5) is 24.6. The van der Waals surface area contributed by atoms with Crippen LogP contribution in [-0.4, -0.2) is 33.2 Å². The molecule has 0 bridgehead atoms. The minimum absolute atomic E-state index is 0.132. The molecule has 1 aliphatic carbocycles. The first-order chi connectivity index (χ1) is 17.5. The Kier molecular flexibility index (Phi) is 8.71. The van der Waals surface area contributed by atoms with E-state index in [1.54, 1.807) is 32.9 Å². The highest BCUT2D eigenvalue weighted by Crippen LogP contribution is 2.38. The maximum atomic E-state index is 13.8. The highest BCUT2D eigenvalue weighted by molar-refractivity contribution is 5.97. The van der Waals surface area contributed by atoms with E-state index >= 15 is 0 Å². The number of hydrogen-bond donors (Lipinski definition) is 3. The number of alkyl halides is 3. The molecule has 1 saturated carbocycles. The largest absolute Gasteiger partial charge is 0.481 e. The van der Waals surface area contributed by atoms with E-state index in [1.165, 1.54) is 13.8 Å². The van der Waals surface area contributed by atoms with Crippen molar-refractivity contribution in [3.8, 4) is 11.3 Å². The average molecular weight is 537 g/mol. The summed E-state index contributed by atoms with van der Waals surface area (Å²) in [6, 6.07) is 5.19. The molecule has 0 aliphatic heterocycles. The molecule has 1 fully saturated rings. The molecular weight excluding hydrogens is 497 g/mol. The summed E-state index contributed by atoms with van der Waals surface area (Å²) in [6.07, 6.45) is 1.00. The van der Waals surface area contributed by atoms with Crippen LogP contribution in [0.15, 0.2) is 24.3 Å². The van der Waals surface area contributed by atoms with Crippen LogP contribution in [0, 0.1) is 18.3 Å². The fourth-order valence-corrected chi connectivity index (χ4v) is 4.96. The number of hydrogen-bond acceptors (Lipinski definition) is 3. The van der Waals surface area contributed by atoms with Gasteiger partial charge in [0, 0.05) is 24.5 Å². The van der Waals surface area contributed by atoms with Gasteiger partial charge in [-0.25, -0.2) is 0 Å². The zero-order valence-electron chi connectivity index (χ0n) is 22.8. The van der Waals surface area contributed by atoms with Gasteiger partial charge < -0.3 is 20.1 Å². The molecule has 3 rings (SSSR count). The predicted molar refractivity (Wildman–Crippen MR) is 140 cm³/mol. The smallest absolute Gasteiger partial charge is 0.416 e. The van der Waals surface area contributed by atoms with Gasteiger partial charge in [-0.3, -0.25) is 9.59 Å². The van der Waals surface area contributed by atoms with Crippen molar-refractivity contribution in [1.82, 2.24) is 9.88 Å². The van der Waals surface area contributed by atoms with Crippen LogP contribution >= 0.6 is 0 Å². The van der Waals surface area contributed by atoms with Crippen molar-refractivity contribution >= 4 is 11.9 Å². The number of carbonyl (C=O) groups excluding carboxylic acids is 1. The number of carboxylic acids is 1. The van der Waals surface area contributed by atoms with Gasteiger partial charge in [0.2, 0.25) is 0 Å². The van der Waals surface area contributed by atoms with Crippen LogP contribution in [0.5, 0.6) is 0 Å².